The smallest absolute Gasteiger partial charge is 0.197 e. The van der Waals surface area contributed by atoms with Crippen molar-refractivity contribution in [3.8, 4) is 0 Å². The summed E-state index contributed by atoms with van der Waals surface area (Å²) in [6.45, 7) is 0. The van der Waals surface area contributed by atoms with Gasteiger partial charge in [0, 0.05) is 22.7 Å². The maximum absolute atomic E-state index is 12.3. The molecular formula is C13H8N2OS. The van der Waals surface area contributed by atoms with Gasteiger partial charge in [-0.1, -0.05) is 12.1 Å². The lowest BCUT2D eigenvalue weighted by Gasteiger charge is -2.01. The highest BCUT2D eigenvalue weighted by Gasteiger charge is 2.13. The second-order valence-electron chi connectivity index (χ2n) is 3.60. The molecule has 0 radical (unpaired) electrons. The molecule has 0 saturated heterocycles. The molecule has 2 aromatic heterocycles. The minimum absolute atomic E-state index is 0.0290. The molecule has 0 spiro atoms. The molecule has 0 fully saturated rings. The van der Waals surface area contributed by atoms with Crippen LogP contribution in [0.2, 0.25) is 0 Å². The summed E-state index contributed by atoms with van der Waals surface area (Å²) in [4.78, 5) is 20.0. The van der Waals surface area contributed by atoms with Gasteiger partial charge >= 0.3 is 0 Å². The third-order valence-electron chi connectivity index (χ3n) is 2.55. The van der Waals surface area contributed by atoms with Crippen LogP contribution in [0.3, 0.4) is 0 Å². The first-order valence-corrected chi connectivity index (χ1v) is 6.00. The van der Waals surface area contributed by atoms with E-state index in [1.807, 2.05) is 29.6 Å². The van der Waals surface area contributed by atoms with E-state index in [1.54, 1.807) is 23.7 Å². The monoisotopic (exact) mass is 240 g/mol. The van der Waals surface area contributed by atoms with Crippen LogP contribution < -0.4 is 0 Å². The van der Waals surface area contributed by atoms with Crippen LogP contribution in [0.5, 0.6) is 0 Å². The van der Waals surface area contributed by atoms with E-state index in [0.29, 0.717) is 11.1 Å². The molecule has 1 aromatic carbocycles. The van der Waals surface area contributed by atoms with E-state index < -0.39 is 0 Å². The van der Waals surface area contributed by atoms with Crippen molar-refractivity contribution < 1.29 is 4.79 Å². The molecular weight excluding hydrogens is 232 g/mol. The van der Waals surface area contributed by atoms with Gasteiger partial charge in [-0.2, -0.15) is 0 Å². The fourth-order valence-electron chi connectivity index (χ4n) is 1.74. The summed E-state index contributed by atoms with van der Waals surface area (Å²) < 4.78 is 1.02. The van der Waals surface area contributed by atoms with Gasteiger partial charge in [0.1, 0.15) is 6.33 Å². The number of fused-ring (bicyclic) bond motifs is 1. The van der Waals surface area contributed by atoms with Gasteiger partial charge in [0.2, 0.25) is 0 Å². The molecule has 0 aliphatic heterocycles. The van der Waals surface area contributed by atoms with Crippen LogP contribution in [-0.2, 0) is 0 Å². The average Bonchev–Trinajstić information content (AvgIpc) is 2.87. The SMILES string of the molecule is O=C(c1cncnc1)c1cccc2ccsc12. The van der Waals surface area contributed by atoms with Gasteiger partial charge in [0.15, 0.2) is 5.78 Å². The molecule has 17 heavy (non-hydrogen) atoms. The molecule has 3 nitrogen and oxygen atoms in total. The number of benzene rings is 1. The van der Waals surface area contributed by atoms with E-state index in [-0.39, 0.29) is 5.78 Å². The van der Waals surface area contributed by atoms with Crippen molar-refractivity contribution in [1.82, 2.24) is 9.97 Å². The Morgan fingerprint density at radius 3 is 2.76 bits per heavy atom. The van der Waals surface area contributed by atoms with Gasteiger partial charge in [0.25, 0.3) is 0 Å². The van der Waals surface area contributed by atoms with Crippen molar-refractivity contribution in [3.63, 3.8) is 0 Å². The van der Waals surface area contributed by atoms with Crippen molar-refractivity contribution in [3.05, 3.63) is 59.5 Å². The van der Waals surface area contributed by atoms with E-state index >= 15 is 0 Å². The number of hydrogen-bond donors (Lipinski definition) is 0. The number of hydrogen-bond acceptors (Lipinski definition) is 4. The molecule has 0 bridgehead atoms. The van der Waals surface area contributed by atoms with E-state index in [9.17, 15) is 4.79 Å². The summed E-state index contributed by atoms with van der Waals surface area (Å²) in [6.07, 6.45) is 4.51. The Morgan fingerprint density at radius 2 is 1.94 bits per heavy atom. The van der Waals surface area contributed by atoms with Gasteiger partial charge in [-0.05, 0) is 22.9 Å². The van der Waals surface area contributed by atoms with E-state index in [1.165, 1.54) is 6.33 Å². The third kappa shape index (κ3) is 1.72. The minimum Gasteiger partial charge on any atom is -0.288 e. The lowest BCUT2D eigenvalue weighted by Crippen LogP contribution is -2.02. The van der Waals surface area contributed by atoms with Crippen LogP contribution in [0.1, 0.15) is 15.9 Å². The van der Waals surface area contributed by atoms with Crippen LogP contribution in [0, 0.1) is 0 Å². The standard InChI is InChI=1S/C13H8N2OS/c16-12(10-6-14-8-15-7-10)11-3-1-2-9-4-5-17-13(9)11/h1-8H. The Hall–Kier alpha value is -2.07. The second-order valence-corrected chi connectivity index (χ2v) is 4.52. The van der Waals surface area contributed by atoms with Crippen molar-refractivity contribution >= 4 is 27.2 Å². The molecule has 82 valence electrons. The van der Waals surface area contributed by atoms with Crippen molar-refractivity contribution in [2.75, 3.05) is 0 Å². The van der Waals surface area contributed by atoms with Crippen molar-refractivity contribution in [2.45, 2.75) is 0 Å². The summed E-state index contributed by atoms with van der Waals surface area (Å²) >= 11 is 1.58. The topological polar surface area (TPSA) is 42.9 Å². The highest BCUT2D eigenvalue weighted by Crippen LogP contribution is 2.26. The van der Waals surface area contributed by atoms with Crippen LogP contribution in [0.4, 0.5) is 0 Å². The Kier molecular flexibility index (Phi) is 2.42. The summed E-state index contributed by atoms with van der Waals surface area (Å²) in [5.74, 6) is -0.0290. The predicted octanol–water partition coefficient (Wildman–Crippen LogP) is 2.92. The maximum atomic E-state index is 12.3. The van der Waals surface area contributed by atoms with E-state index in [4.69, 9.17) is 0 Å². The number of aromatic nitrogens is 2. The van der Waals surface area contributed by atoms with Crippen molar-refractivity contribution in [2.24, 2.45) is 0 Å². The summed E-state index contributed by atoms with van der Waals surface area (Å²) in [6, 6.07) is 7.75. The Bertz CT molecular complexity index is 676. The molecule has 0 aliphatic rings. The quantitative estimate of drug-likeness (QED) is 0.647. The molecule has 0 saturated carbocycles. The summed E-state index contributed by atoms with van der Waals surface area (Å²) in [5, 5.41) is 3.08. The molecule has 0 aliphatic carbocycles. The lowest BCUT2D eigenvalue weighted by molar-refractivity contribution is 0.103. The zero-order chi connectivity index (χ0) is 11.7. The van der Waals surface area contributed by atoms with E-state index in [0.717, 1.165) is 10.1 Å². The largest absolute Gasteiger partial charge is 0.288 e. The molecule has 3 aromatic rings. The van der Waals surface area contributed by atoms with Crippen LogP contribution in [0.25, 0.3) is 10.1 Å². The third-order valence-corrected chi connectivity index (χ3v) is 3.51. The Morgan fingerprint density at radius 1 is 1.12 bits per heavy atom. The molecule has 2 heterocycles. The number of carbonyl (C=O) groups is 1. The zero-order valence-corrected chi connectivity index (χ0v) is 9.65. The minimum atomic E-state index is -0.0290. The number of rotatable bonds is 2. The van der Waals surface area contributed by atoms with Gasteiger partial charge < -0.3 is 0 Å². The van der Waals surface area contributed by atoms with Gasteiger partial charge in [0.05, 0.1) is 5.56 Å². The average molecular weight is 240 g/mol. The molecule has 0 N–H and O–H groups in total. The van der Waals surface area contributed by atoms with Gasteiger partial charge in [-0.15, -0.1) is 11.3 Å². The number of carbonyl (C=O) groups excluding carboxylic acids is 1. The maximum Gasteiger partial charge on any atom is 0.197 e. The highest BCUT2D eigenvalue weighted by molar-refractivity contribution is 7.17. The lowest BCUT2D eigenvalue weighted by atomic mass is 10.0. The summed E-state index contributed by atoms with van der Waals surface area (Å²) in [7, 11) is 0. The van der Waals surface area contributed by atoms with Gasteiger partial charge in [-0.25, -0.2) is 9.97 Å². The first kappa shape index (κ1) is 10.1. The first-order chi connectivity index (χ1) is 8.36. The van der Waals surface area contributed by atoms with Crippen molar-refractivity contribution in [1.29, 1.82) is 0 Å². The second kappa shape index (κ2) is 4.07. The van der Waals surface area contributed by atoms with Crippen LogP contribution in [0.15, 0.2) is 48.4 Å². The predicted molar refractivity (Wildman–Crippen MR) is 67.3 cm³/mol. The molecule has 0 amide bonds. The number of nitrogens with zero attached hydrogens (tertiary/aromatic N) is 2. The zero-order valence-electron chi connectivity index (χ0n) is 8.83. The number of thiophene rings is 1. The summed E-state index contributed by atoms with van der Waals surface area (Å²) in [5.41, 5.74) is 1.24. The van der Waals surface area contributed by atoms with E-state index in [2.05, 4.69) is 9.97 Å². The van der Waals surface area contributed by atoms with Gasteiger partial charge in [-0.3, -0.25) is 4.79 Å². The Labute approximate surface area is 102 Å². The normalized spacial score (nSPS) is 10.6. The van der Waals surface area contributed by atoms with Crippen LogP contribution >= 0.6 is 11.3 Å². The first-order valence-electron chi connectivity index (χ1n) is 5.12. The molecule has 0 atom stereocenters. The molecule has 4 heteroatoms. The fourth-order valence-corrected chi connectivity index (χ4v) is 2.65. The number of ketones is 1. The fraction of sp³-hybridized carbons (Fsp3) is 0. The molecule has 0 unspecified atom stereocenters. The molecule has 3 rings (SSSR count). The Balaban J connectivity index is 2.16. The van der Waals surface area contributed by atoms with Crippen LogP contribution in [-0.4, -0.2) is 15.8 Å². The highest BCUT2D eigenvalue weighted by atomic mass is 32.1.